The average Bonchev–Trinajstić information content (AvgIpc) is 2.47. The first-order valence-corrected chi connectivity index (χ1v) is 9.18. The molecule has 0 aliphatic rings. The number of carbonyl (C=O) groups excluding carboxylic acids is 1. The normalized spacial score (nSPS) is 11.2. The van der Waals surface area contributed by atoms with Crippen LogP contribution in [0.2, 0.25) is 0 Å². The van der Waals surface area contributed by atoms with E-state index in [4.69, 9.17) is 5.73 Å². The summed E-state index contributed by atoms with van der Waals surface area (Å²) in [6.45, 7) is 0. The van der Waals surface area contributed by atoms with Crippen LogP contribution in [0.3, 0.4) is 0 Å². The maximum absolute atomic E-state index is 11.2. The first-order chi connectivity index (χ1) is 10.8. The minimum Gasteiger partial charge on any atom is -0.370 e. The first kappa shape index (κ1) is 17.0. The molecular formula is C17H20N2O3S. The molecule has 0 aromatic heterocycles. The molecule has 0 spiro atoms. The summed E-state index contributed by atoms with van der Waals surface area (Å²) in [6, 6.07) is 15.3. The van der Waals surface area contributed by atoms with Crippen molar-refractivity contribution in [2.75, 3.05) is 11.0 Å². The molecule has 0 unspecified atom stereocenters. The summed E-state index contributed by atoms with van der Waals surface area (Å²) < 4.78 is 24.8. The summed E-state index contributed by atoms with van der Waals surface area (Å²) >= 11 is 0. The van der Waals surface area contributed by atoms with E-state index in [9.17, 15) is 13.2 Å². The van der Waals surface area contributed by atoms with Crippen LogP contribution in [0.1, 0.15) is 18.4 Å². The molecule has 0 saturated carbocycles. The summed E-state index contributed by atoms with van der Waals surface area (Å²) in [5, 5.41) is 0. The first-order valence-electron chi connectivity index (χ1n) is 7.29. The monoisotopic (exact) mass is 332 g/mol. The number of amides is 1. The Morgan fingerprint density at radius 3 is 2.00 bits per heavy atom. The van der Waals surface area contributed by atoms with Crippen LogP contribution in [0, 0.1) is 0 Å². The van der Waals surface area contributed by atoms with Crippen LogP contribution in [0.4, 0.5) is 5.69 Å². The number of anilines is 1. The molecule has 0 aliphatic carbocycles. The summed E-state index contributed by atoms with van der Waals surface area (Å²) in [7, 11) is -3.26. The van der Waals surface area contributed by atoms with Crippen molar-refractivity contribution in [1.82, 2.24) is 0 Å². The van der Waals surface area contributed by atoms with Gasteiger partial charge in [0.25, 0.3) is 0 Å². The number of rotatable bonds is 7. The SMILES string of the molecule is CS(=O)(=O)Nc1ccc(-c2ccc(CCCC(N)=O)cc2)cc1. The van der Waals surface area contributed by atoms with Crippen LogP contribution in [0.5, 0.6) is 0 Å². The van der Waals surface area contributed by atoms with Crippen molar-refractivity contribution < 1.29 is 13.2 Å². The van der Waals surface area contributed by atoms with Crippen molar-refractivity contribution in [3.05, 3.63) is 54.1 Å². The molecule has 0 aliphatic heterocycles. The highest BCUT2D eigenvalue weighted by molar-refractivity contribution is 7.92. The molecular weight excluding hydrogens is 312 g/mol. The van der Waals surface area contributed by atoms with Crippen LogP contribution < -0.4 is 10.5 Å². The van der Waals surface area contributed by atoms with E-state index < -0.39 is 10.0 Å². The molecule has 2 aromatic carbocycles. The minimum atomic E-state index is -3.26. The van der Waals surface area contributed by atoms with Gasteiger partial charge >= 0.3 is 0 Å². The molecule has 0 radical (unpaired) electrons. The van der Waals surface area contributed by atoms with Gasteiger partial charge < -0.3 is 5.73 Å². The Hall–Kier alpha value is -2.34. The smallest absolute Gasteiger partial charge is 0.229 e. The maximum Gasteiger partial charge on any atom is 0.229 e. The van der Waals surface area contributed by atoms with Crippen molar-refractivity contribution in [3.63, 3.8) is 0 Å². The van der Waals surface area contributed by atoms with Crippen molar-refractivity contribution >= 4 is 21.6 Å². The number of nitrogens with one attached hydrogen (secondary N) is 1. The largest absolute Gasteiger partial charge is 0.370 e. The van der Waals surface area contributed by atoms with Gasteiger partial charge in [0, 0.05) is 12.1 Å². The maximum atomic E-state index is 11.2. The van der Waals surface area contributed by atoms with Gasteiger partial charge in [-0.3, -0.25) is 9.52 Å². The van der Waals surface area contributed by atoms with Gasteiger partial charge in [-0.15, -0.1) is 0 Å². The second-order valence-electron chi connectivity index (χ2n) is 5.47. The highest BCUT2D eigenvalue weighted by Crippen LogP contribution is 2.22. The Labute approximate surface area is 136 Å². The van der Waals surface area contributed by atoms with Gasteiger partial charge in [0.2, 0.25) is 15.9 Å². The fourth-order valence-corrected chi connectivity index (χ4v) is 2.84. The van der Waals surface area contributed by atoms with E-state index in [1.807, 2.05) is 36.4 Å². The molecule has 0 bridgehead atoms. The number of carbonyl (C=O) groups is 1. The number of nitrogens with two attached hydrogens (primary N) is 1. The third-order valence-electron chi connectivity index (χ3n) is 3.36. The lowest BCUT2D eigenvalue weighted by molar-refractivity contribution is -0.118. The van der Waals surface area contributed by atoms with Gasteiger partial charge in [0.1, 0.15) is 0 Å². The minimum absolute atomic E-state index is 0.274. The molecule has 1 amide bonds. The molecule has 0 saturated heterocycles. The quantitative estimate of drug-likeness (QED) is 0.816. The molecule has 6 heteroatoms. The fourth-order valence-electron chi connectivity index (χ4n) is 2.28. The lowest BCUT2D eigenvalue weighted by Crippen LogP contribution is -2.10. The lowest BCUT2D eigenvalue weighted by Gasteiger charge is -2.07. The Bertz CT molecular complexity index is 766. The van der Waals surface area contributed by atoms with Gasteiger partial charge in [-0.2, -0.15) is 0 Å². The molecule has 2 aromatic rings. The van der Waals surface area contributed by atoms with E-state index in [0.29, 0.717) is 12.1 Å². The average molecular weight is 332 g/mol. The third-order valence-corrected chi connectivity index (χ3v) is 3.97. The zero-order chi connectivity index (χ0) is 16.9. The van der Waals surface area contributed by atoms with Crippen molar-refractivity contribution in [2.45, 2.75) is 19.3 Å². The van der Waals surface area contributed by atoms with E-state index >= 15 is 0 Å². The van der Waals surface area contributed by atoms with Gasteiger partial charge in [-0.05, 0) is 41.7 Å². The van der Waals surface area contributed by atoms with E-state index in [1.165, 1.54) is 0 Å². The fraction of sp³-hybridized carbons (Fsp3) is 0.235. The molecule has 0 heterocycles. The molecule has 0 fully saturated rings. The molecule has 2 rings (SSSR count). The molecule has 5 nitrogen and oxygen atoms in total. The second-order valence-corrected chi connectivity index (χ2v) is 7.22. The van der Waals surface area contributed by atoms with E-state index in [0.717, 1.165) is 35.8 Å². The van der Waals surface area contributed by atoms with Crippen LogP contribution in [-0.4, -0.2) is 20.6 Å². The Morgan fingerprint density at radius 2 is 1.52 bits per heavy atom. The van der Waals surface area contributed by atoms with Gasteiger partial charge in [-0.25, -0.2) is 8.42 Å². The summed E-state index contributed by atoms with van der Waals surface area (Å²) in [6.07, 6.45) is 3.09. The standard InChI is InChI=1S/C17H20N2O3S/c1-23(21,22)19-16-11-9-15(10-12-16)14-7-5-13(6-8-14)3-2-4-17(18)20/h5-12,19H,2-4H2,1H3,(H2,18,20). The van der Waals surface area contributed by atoms with E-state index in [-0.39, 0.29) is 5.91 Å². The van der Waals surface area contributed by atoms with E-state index in [2.05, 4.69) is 4.72 Å². The predicted octanol–water partition coefficient (Wildman–Crippen LogP) is 2.53. The third kappa shape index (κ3) is 5.75. The topological polar surface area (TPSA) is 89.3 Å². The van der Waals surface area contributed by atoms with Crippen LogP contribution >= 0.6 is 0 Å². The highest BCUT2D eigenvalue weighted by atomic mass is 32.2. The lowest BCUT2D eigenvalue weighted by atomic mass is 10.0. The highest BCUT2D eigenvalue weighted by Gasteiger charge is 2.03. The molecule has 0 atom stereocenters. The van der Waals surface area contributed by atoms with E-state index in [1.54, 1.807) is 12.1 Å². The summed E-state index contributed by atoms with van der Waals surface area (Å²) in [5.74, 6) is -0.274. The second kappa shape index (κ2) is 7.28. The zero-order valence-corrected chi connectivity index (χ0v) is 13.8. The number of aryl methyl sites for hydroxylation is 1. The molecule has 3 N–H and O–H groups in total. The predicted molar refractivity (Wildman–Crippen MR) is 92.5 cm³/mol. The van der Waals surface area contributed by atoms with Crippen LogP contribution in [0.15, 0.2) is 48.5 Å². The number of hydrogen-bond donors (Lipinski definition) is 2. The van der Waals surface area contributed by atoms with Crippen molar-refractivity contribution in [2.24, 2.45) is 5.73 Å². The number of benzene rings is 2. The van der Waals surface area contributed by atoms with Gasteiger partial charge in [0.15, 0.2) is 0 Å². The Kier molecular flexibility index (Phi) is 5.39. The molecule has 122 valence electrons. The van der Waals surface area contributed by atoms with Crippen molar-refractivity contribution in [1.29, 1.82) is 0 Å². The van der Waals surface area contributed by atoms with Gasteiger partial charge in [0.05, 0.1) is 6.26 Å². The number of sulfonamides is 1. The van der Waals surface area contributed by atoms with Crippen LogP contribution in [-0.2, 0) is 21.2 Å². The number of hydrogen-bond acceptors (Lipinski definition) is 3. The molecule has 23 heavy (non-hydrogen) atoms. The number of primary amides is 1. The summed E-state index contributed by atoms with van der Waals surface area (Å²) in [5.41, 5.74) is 8.88. The zero-order valence-electron chi connectivity index (χ0n) is 13.0. The van der Waals surface area contributed by atoms with Crippen molar-refractivity contribution in [3.8, 4) is 11.1 Å². The Morgan fingerprint density at radius 1 is 1.00 bits per heavy atom. The van der Waals surface area contributed by atoms with Crippen LogP contribution in [0.25, 0.3) is 11.1 Å². The summed E-state index contributed by atoms with van der Waals surface area (Å²) in [4.78, 5) is 10.7. The van der Waals surface area contributed by atoms with Gasteiger partial charge in [-0.1, -0.05) is 36.4 Å². The Balaban J connectivity index is 2.03.